The van der Waals surface area contributed by atoms with Crippen LogP contribution in [-0.4, -0.2) is 251 Å². The van der Waals surface area contributed by atoms with E-state index >= 15 is 0 Å². The Morgan fingerprint density at radius 2 is 0.881 bits per heavy atom. The summed E-state index contributed by atoms with van der Waals surface area (Å²) in [5.41, 5.74) is 5.04. The normalized spacial score (nSPS) is 20.0. The Morgan fingerprint density at radius 1 is 0.517 bits per heavy atom. The van der Waals surface area contributed by atoms with Crippen molar-refractivity contribution in [3.63, 3.8) is 0 Å². The number of nitrogens with one attached hydrogen (secondary N) is 1. The third-order valence-electron chi connectivity index (χ3n) is 21.7. The standard InChI is InChI=1S/C17H26N2O4.C17H24N2O4.C15H23ClN2O2.C15H24N2O3.C13H17Br2NO3.C4H9NO.CH3ClO2S.Al.Li.4H/c2*1-2-22-17(20)15-14(12-19-8-10-21-11-9-19)18-16(23-15)13-6-4-3-5-7-13;16-10-14-13(11-18-6-8-19-9-7-18)17-15(20-14)12-4-2-1-3-5-12;18-11-14-13(10-17-6-8-19-9-7-17)16-15(20-14)12-4-2-1-3-5-12;1-2-18-11(17)10-9(8-14)16-12(19-10)13(15)6-4-3-5-7-13;1-3-6-4-2-5-1;1-5(2,3)4;;;;;;/h13H,2-12H2,1H3;6H,2-5,7-12H2,1H3;12H,1-11H2;12,18H,1-11H2;2-8H2,1H3;5H,1-4H2;1H3;;;;;;/q;;;;;;;;+1;;;;-1. The van der Waals surface area contributed by atoms with Crippen LogP contribution in [0.5, 0.6) is 0 Å². The van der Waals surface area contributed by atoms with Gasteiger partial charge >= 0.3 is 36.8 Å². The number of oxazole rings is 5. The molecule has 10 heterocycles. The molecule has 2 N–H and O–H groups in total. The monoisotopic (exact) mass is 1850 g/mol. The number of halogens is 4. The molecule has 5 aliphatic carbocycles. The molecule has 5 saturated heterocycles. The van der Waals surface area contributed by atoms with Crippen LogP contribution in [0, 0.1) is 0 Å². The van der Waals surface area contributed by atoms with Crippen molar-refractivity contribution in [3.05, 3.63) is 92.8 Å². The second kappa shape index (κ2) is 55.7. The van der Waals surface area contributed by atoms with Crippen molar-refractivity contribution in [2.24, 2.45) is 0 Å². The summed E-state index contributed by atoms with van der Waals surface area (Å²) in [7, 11) is 1.31. The van der Waals surface area contributed by atoms with E-state index in [0.29, 0.717) is 115 Å². The van der Waals surface area contributed by atoms with Crippen LogP contribution in [0.4, 0.5) is 0 Å². The Labute approximate surface area is 747 Å². The molecule has 0 radical (unpaired) electrons. The number of carbonyl (C=O) groups excluding carboxylic acids is 3. The van der Waals surface area contributed by atoms with Crippen molar-refractivity contribution in [2.75, 3.05) is 158 Å². The maximum Gasteiger partial charge on any atom is 1.00 e. The molecule has 660 valence electrons. The van der Waals surface area contributed by atoms with Gasteiger partial charge in [-0.3, -0.25) is 19.6 Å². The van der Waals surface area contributed by atoms with E-state index in [1.54, 1.807) is 20.8 Å². The Hall–Kier alpha value is -3.62. The van der Waals surface area contributed by atoms with Gasteiger partial charge in [-0.1, -0.05) is 115 Å². The SMILES string of the molecule is C1COCCN1.CCOC(=O)c1oc(C2(Br)CCCCC2)nc1CBr.CCOC(=O)c1oc(C2=CCCCC2)nc1CN1CCOCC1.CCOC(=O)c1oc(C2CCCCC2)nc1CN1CCOCC1.CS(=O)(=O)Cl.ClCc1oc(C2CCCCC2)nc1CN1CCOCC1.OCc1oc(C2CCCCC2)nc1CN1CCOCC1.[AlH3].[H-].[Li+]. The first-order valence-electron chi connectivity index (χ1n) is 42.4. The van der Waals surface area contributed by atoms with E-state index in [9.17, 15) is 27.9 Å². The Kier molecular flexibility index (Phi) is 47.9. The number of aromatic nitrogens is 5. The van der Waals surface area contributed by atoms with Crippen molar-refractivity contribution < 1.29 is 108 Å². The van der Waals surface area contributed by atoms with Crippen molar-refractivity contribution in [1.29, 1.82) is 0 Å². The topological polar surface area (TPSA) is 335 Å². The Balaban J connectivity index is 0.000000222. The molecular weight excluding hydrogens is 1730 g/mol. The number of hydrogen-bond acceptors (Lipinski definition) is 29. The molecule has 0 aromatic carbocycles. The molecule has 0 atom stereocenters. The van der Waals surface area contributed by atoms with Gasteiger partial charge in [0.15, 0.2) is 40.8 Å². The molecule has 5 aromatic heterocycles. The molecule has 5 aliphatic heterocycles. The summed E-state index contributed by atoms with van der Waals surface area (Å²) in [6.07, 6.45) is 31.4. The zero-order chi connectivity index (χ0) is 82.3. The average molecular weight is 1860 g/mol. The number of allylic oxidation sites excluding steroid dienone is 2. The minimum absolute atomic E-state index is 0. The summed E-state index contributed by atoms with van der Waals surface area (Å²) in [5.74, 6) is 6.38. The average Bonchev–Trinajstić information content (AvgIpc) is 1.66. The number of hydrogen-bond donors (Lipinski definition) is 2. The van der Waals surface area contributed by atoms with Gasteiger partial charge in [0.2, 0.25) is 38.1 Å². The first-order valence-corrected chi connectivity index (χ1v) is 47.5. The Bertz CT molecular complexity index is 3730. The molecule has 9 fully saturated rings. The van der Waals surface area contributed by atoms with E-state index in [2.05, 4.69) is 93.5 Å². The molecule has 0 amide bonds. The van der Waals surface area contributed by atoms with Gasteiger partial charge in [-0.25, -0.2) is 47.7 Å². The molecular formula is C82H130AlBr2Cl2LiN10O19S. The molecule has 10 aliphatic rings. The summed E-state index contributed by atoms with van der Waals surface area (Å²) in [6, 6.07) is 0. The van der Waals surface area contributed by atoms with Gasteiger partial charge in [-0.2, -0.15) is 0 Å². The fraction of sp³-hybridized carbons (Fsp3) is 0.756. The Morgan fingerprint density at radius 3 is 1.25 bits per heavy atom. The molecule has 118 heavy (non-hydrogen) atoms. The minimum Gasteiger partial charge on any atom is -1.00 e. The van der Waals surface area contributed by atoms with Crippen molar-refractivity contribution >= 4 is 104 Å². The summed E-state index contributed by atoms with van der Waals surface area (Å²) in [5, 5.41) is 13.1. The van der Waals surface area contributed by atoms with E-state index in [1.807, 2.05) is 0 Å². The fourth-order valence-electron chi connectivity index (χ4n) is 15.4. The summed E-state index contributed by atoms with van der Waals surface area (Å²) in [4.78, 5) is 68.6. The first-order chi connectivity index (χ1) is 56.4. The zero-order valence-corrected chi connectivity index (χ0v) is 75.2. The summed E-state index contributed by atoms with van der Waals surface area (Å²) in [6.45, 7) is 26.2. The second-order valence-electron chi connectivity index (χ2n) is 30.5. The van der Waals surface area contributed by atoms with Crippen LogP contribution in [0.3, 0.4) is 0 Å². The van der Waals surface area contributed by atoms with Gasteiger partial charge in [0, 0.05) is 131 Å². The van der Waals surface area contributed by atoms with Crippen LogP contribution in [0.15, 0.2) is 28.2 Å². The molecule has 4 saturated carbocycles. The number of aliphatic hydroxyl groups excluding tert-OH is 1. The number of carbonyl (C=O) groups is 3. The van der Waals surface area contributed by atoms with E-state index in [1.165, 1.54) is 96.3 Å². The third kappa shape index (κ3) is 34.4. The number of aliphatic hydroxyl groups is 1. The molecule has 29 nitrogen and oxygen atoms in total. The molecule has 15 rings (SSSR count). The smallest absolute Gasteiger partial charge is 1.00 e. The maximum absolute atomic E-state index is 12.2. The van der Waals surface area contributed by atoms with Crippen LogP contribution in [0.1, 0.15) is 295 Å². The van der Waals surface area contributed by atoms with Gasteiger partial charge in [-0.15, -0.1) is 11.6 Å². The van der Waals surface area contributed by atoms with E-state index in [-0.39, 0.29) is 60.1 Å². The van der Waals surface area contributed by atoms with Crippen molar-refractivity contribution in [2.45, 2.75) is 241 Å². The molecule has 0 unspecified atom stereocenters. The second-order valence-corrected chi connectivity index (χ2v) is 35.8. The van der Waals surface area contributed by atoms with Crippen LogP contribution in [0.2, 0.25) is 0 Å². The predicted octanol–water partition coefficient (Wildman–Crippen LogP) is 10.7. The van der Waals surface area contributed by atoms with Gasteiger partial charge < -0.3 is 71.8 Å². The van der Waals surface area contributed by atoms with Crippen molar-refractivity contribution in [3.8, 4) is 0 Å². The van der Waals surface area contributed by atoms with Crippen LogP contribution < -0.4 is 24.2 Å². The number of nitrogens with zero attached hydrogens (tertiary/aromatic N) is 9. The number of morpholine rings is 5. The third-order valence-corrected chi connectivity index (χ3v) is 23.6. The van der Waals surface area contributed by atoms with Crippen LogP contribution >= 0.6 is 54.1 Å². The number of esters is 3. The van der Waals surface area contributed by atoms with Crippen LogP contribution in [0.25, 0.3) is 5.57 Å². The summed E-state index contributed by atoms with van der Waals surface area (Å²) < 4.78 is 89.5. The van der Waals surface area contributed by atoms with Crippen LogP contribution in [-0.2, 0) is 95.3 Å². The quantitative estimate of drug-likeness (QED) is 0.0214. The molecule has 5 aromatic rings. The van der Waals surface area contributed by atoms with Gasteiger partial charge in [0.25, 0.3) is 0 Å². The fourth-order valence-corrected chi connectivity index (χ4v) is 16.7. The van der Waals surface area contributed by atoms with E-state index < -0.39 is 27.0 Å². The largest absolute Gasteiger partial charge is 1.00 e. The molecule has 0 bridgehead atoms. The molecule has 36 heteroatoms. The van der Waals surface area contributed by atoms with Crippen molar-refractivity contribution in [1.82, 2.24) is 49.8 Å². The maximum atomic E-state index is 12.2. The summed E-state index contributed by atoms with van der Waals surface area (Å²) >= 11 is 13.1. The van der Waals surface area contributed by atoms with E-state index in [4.69, 9.17) is 76.6 Å². The number of rotatable bonds is 22. The van der Waals surface area contributed by atoms with E-state index in [0.717, 1.165) is 236 Å². The predicted molar refractivity (Wildman–Crippen MR) is 456 cm³/mol. The van der Waals surface area contributed by atoms with Gasteiger partial charge in [0.05, 0.1) is 109 Å². The number of ether oxygens (including phenoxy) is 8. The molecule has 0 spiro atoms. The first kappa shape index (κ1) is 101. The zero-order valence-electron chi connectivity index (χ0n) is 70.7. The van der Waals surface area contributed by atoms with Gasteiger partial charge in [-0.05, 0) is 97.8 Å². The minimum atomic E-state index is -3.19. The van der Waals surface area contributed by atoms with Gasteiger partial charge in [0.1, 0.15) is 33.8 Å². The number of alkyl halides is 3.